The molecule has 4 rings (SSSR count). The van der Waals surface area contributed by atoms with Crippen molar-refractivity contribution in [3.05, 3.63) is 65.2 Å². The fraction of sp³-hybridized carbons (Fsp3) is 0.435. The molecule has 148 valence electrons. The van der Waals surface area contributed by atoms with Gasteiger partial charge in [0.2, 0.25) is 0 Å². The van der Waals surface area contributed by atoms with E-state index in [1.54, 1.807) is 12.0 Å². The summed E-state index contributed by atoms with van der Waals surface area (Å²) in [4.78, 5) is 14.8. The zero-order valence-electron chi connectivity index (χ0n) is 16.4. The molecular formula is C23H28N2O3. The molecule has 1 amide bonds. The topological polar surface area (TPSA) is 61.8 Å². The summed E-state index contributed by atoms with van der Waals surface area (Å²) in [6.45, 7) is 1.47. The number of hydrogen-bond donors (Lipinski definition) is 2. The predicted octanol–water partition coefficient (Wildman–Crippen LogP) is 2.31. The van der Waals surface area contributed by atoms with E-state index < -0.39 is 5.60 Å². The van der Waals surface area contributed by atoms with Gasteiger partial charge < -0.3 is 20.1 Å². The van der Waals surface area contributed by atoms with Gasteiger partial charge in [0, 0.05) is 25.7 Å². The van der Waals surface area contributed by atoms with E-state index in [9.17, 15) is 9.90 Å². The van der Waals surface area contributed by atoms with Crippen LogP contribution in [-0.4, -0.2) is 47.8 Å². The lowest BCUT2D eigenvalue weighted by molar-refractivity contribution is -0.157. The van der Waals surface area contributed by atoms with E-state index in [1.165, 1.54) is 11.1 Å². The Hall–Kier alpha value is -2.37. The van der Waals surface area contributed by atoms with Crippen LogP contribution >= 0.6 is 0 Å². The van der Waals surface area contributed by atoms with Gasteiger partial charge in [0.1, 0.15) is 5.75 Å². The van der Waals surface area contributed by atoms with Crippen molar-refractivity contribution in [3.8, 4) is 5.75 Å². The first-order chi connectivity index (χ1) is 13.6. The van der Waals surface area contributed by atoms with E-state index in [-0.39, 0.29) is 11.9 Å². The molecule has 1 unspecified atom stereocenters. The molecule has 0 radical (unpaired) electrons. The Morgan fingerprint density at radius 1 is 1.18 bits per heavy atom. The smallest absolute Gasteiger partial charge is 0.256 e. The molecule has 0 bridgehead atoms. The number of carbonyl (C=O) groups excluding carboxylic acids is 1. The van der Waals surface area contributed by atoms with E-state index in [4.69, 9.17) is 4.74 Å². The largest absolute Gasteiger partial charge is 0.497 e. The molecule has 1 aliphatic carbocycles. The van der Waals surface area contributed by atoms with Crippen molar-refractivity contribution in [1.29, 1.82) is 0 Å². The Morgan fingerprint density at radius 3 is 2.64 bits per heavy atom. The van der Waals surface area contributed by atoms with E-state index in [1.807, 2.05) is 24.3 Å². The molecule has 1 fully saturated rings. The van der Waals surface area contributed by atoms with Gasteiger partial charge in [-0.25, -0.2) is 0 Å². The summed E-state index contributed by atoms with van der Waals surface area (Å²) in [7, 11) is 1.64. The normalized spacial score (nSPS) is 22.4. The van der Waals surface area contributed by atoms with Gasteiger partial charge in [-0.1, -0.05) is 36.4 Å². The number of aliphatic hydroxyl groups is 1. The molecule has 2 N–H and O–H groups in total. The van der Waals surface area contributed by atoms with Crippen LogP contribution in [0.4, 0.5) is 0 Å². The van der Waals surface area contributed by atoms with Crippen molar-refractivity contribution in [2.75, 3.05) is 20.2 Å². The number of piperidine rings is 1. The van der Waals surface area contributed by atoms with Crippen LogP contribution in [0, 0.1) is 0 Å². The van der Waals surface area contributed by atoms with Crippen LogP contribution < -0.4 is 10.1 Å². The Kier molecular flexibility index (Phi) is 5.38. The SMILES string of the molecule is COc1cccc(CN2CCCC(O)(CNC3Cc4ccccc4C3)C2=O)c1. The van der Waals surface area contributed by atoms with Crippen LogP contribution in [0.15, 0.2) is 48.5 Å². The van der Waals surface area contributed by atoms with Crippen LogP contribution in [0.25, 0.3) is 0 Å². The zero-order valence-corrected chi connectivity index (χ0v) is 16.4. The average molecular weight is 380 g/mol. The van der Waals surface area contributed by atoms with Crippen molar-refractivity contribution in [2.24, 2.45) is 0 Å². The minimum Gasteiger partial charge on any atom is -0.497 e. The summed E-state index contributed by atoms with van der Waals surface area (Å²) >= 11 is 0. The van der Waals surface area contributed by atoms with Crippen molar-refractivity contribution in [1.82, 2.24) is 10.2 Å². The second-order valence-electron chi connectivity index (χ2n) is 7.97. The number of ether oxygens (including phenoxy) is 1. The molecule has 2 aromatic rings. The lowest BCUT2D eigenvalue weighted by atomic mass is 9.91. The van der Waals surface area contributed by atoms with E-state index in [0.29, 0.717) is 26.1 Å². The predicted molar refractivity (Wildman–Crippen MR) is 108 cm³/mol. The number of hydrogen-bond acceptors (Lipinski definition) is 4. The van der Waals surface area contributed by atoms with Crippen LogP contribution in [-0.2, 0) is 24.2 Å². The molecule has 1 aliphatic heterocycles. The second-order valence-corrected chi connectivity index (χ2v) is 7.97. The van der Waals surface area contributed by atoms with Crippen LogP contribution in [0.5, 0.6) is 5.75 Å². The molecule has 2 aromatic carbocycles. The molecule has 0 spiro atoms. The number of nitrogens with one attached hydrogen (secondary N) is 1. The summed E-state index contributed by atoms with van der Waals surface area (Å²) in [6, 6.07) is 16.5. The van der Waals surface area contributed by atoms with Gasteiger partial charge in [-0.15, -0.1) is 0 Å². The maximum absolute atomic E-state index is 13.0. The fourth-order valence-corrected chi connectivity index (χ4v) is 4.39. The first-order valence-electron chi connectivity index (χ1n) is 10.0. The molecule has 0 saturated carbocycles. The summed E-state index contributed by atoms with van der Waals surface area (Å²) in [5.74, 6) is 0.601. The Bertz CT molecular complexity index is 828. The molecule has 1 saturated heterocycles. The van der Waals surface area contributed by atoms with Crippen molar-refractivity contribution in [3.63, 3.8) is 0 Å². The summed E-state index contributed by atoms with van der Waals surface area (Å²) < 4.78 is 5.27. The molecule has 2 aliphatic rings. The lowest BCUT2D eigenvalue weighted by Crippen LogP contribution is -2.58. The second kappa shape index (κ2) is 7.94. The lowest BCUT2D eigenvalue weighted by Gasteiger charge is -2.39. The number of nitrogens with zero attached hydrogens (tertiary/aromatic N) is 1. The van der Waals surface area contributed by atoms with E-state index in [0.717, 1.165) is 30.6 Å². The van der Waals surface area contributed by atoms with Crippen LogP contribution in [0.2, 0.25) is 0 Å². The van der Waals surface area contributed by atoms with Gasteiger partial charge in [-0.3, -0.25) is 4.79 Å². The number of likely N-dealkylation sites (tertiary alicyclic amines) is 1. The van der Waals surface area contributed by atoms with E-state index in [2.05, 4.69) is 29.6 Å². The molecule has 5 heteroatoms. The molecule has 5 nitrogen and oxygen atoms in total. The number of fused-ring (bicyclic) bond motifs is 1. The van der Waals surface area contributed by atoms with Gasteiger partial charge in [-0.05, 0) is 54.5 Å². The molecule has 1 heterocycles. The van der Waals surface area contributed by atoms with Gasteiger partial charge in [-0.2, -0.15) is 0 Å². The Morgan fingerprint density at radius 2 is 1.93 bits per heavy atom. The standard InChI is InChI=1S/C23H28N2O3/c1-28-21-9-4-6-17(12-21)15-25-11-5-10-23(27,22(25)26)16-24-20-13-18-7-2-3-8-19(18)14-20/h2-4,6-9,12,20,24,27H,5,10-11,13-16H2,1H3. The number of methoxy groups -OCH3 is 1. The number of amides is 1. The highest BCUT2D eigenvalue weighted by Crippen LogP contribution is 2.26. The van der Waals surface area contributed by atoms with Crippen molar-refractivity contribution >= 4 is 5.91 Å². The number of benzene rings is 2. The zero-order chi connectivity index (χ0) is 19.6. The minimum absolute atomic E-state index is 0.176. The van der Waals surface area contributed by atoms with E-state index >= 15 is 0 Å². The molecule has 1 atom stereocenters. The highest BCUT2D eigenvalue weighted by atomic mass is 16.5. The third-order valence-electron chi connectivity index (χ3n) is 5.95. The molecule has 0 aromatic heterocycles. The Balaban J connectivity index is 1.38. The van der Waals surface area contributed by atoms with Gasteiger partial charge in [0.25, 0.3) is 5.91 Å². The highest BCUT2D eigenvalue weighted by Gasteiger charge is 2.42. The van der Waals surface area contributed by atoms with Crippen molar-refractivity contribution < 1.29 is 14.6 Å². The van der Waals surface area contributed by atoms with Crippen LogP contribution in [0.1, 0.15) is 29.5 Å². The number of carbonyl (C=O) groups is 1. The molecule has 28 heavy (non-hydrogen) atoms. The van der Waals surface area contributed by atoms with Gasteiger partial charge >= 0.3 is 0 Å². The van der Waals surface area contributed by atoms with Crippen LogP contribution in [0.3, 0.4) is 0 Å². The first kappa shape index (κ1) is 19.0. The summed E-state index contributed by atoms with van der Waals surface area (Å²) in [5, 5.41) is 14.5. The third-order valence-corrected chi connectivity index (χ3v) is 5.95. The highest BCUT2D eigenvalue weighted by molar-refractivity contribution is 5.86. The average Bonchev–Trinajstić information content (AvgIpc) is 3.13. The fourth-order valence-electron chi connectivity index (χ4n) is 4.39. The maximum atomic E-state index is 13.0. The quantitative estimate of drug-likeness (QED) is 0.807. The Labute approximate surface area is 166 Å². The van der Waals surface area contributed by atoms with Crippen molar-refractivity contribution in [2.45, 2.75) is 43.9 Å². The number of rotatable bonds is 6. The monoisotopic (exact) mass is 380 g/mol. The summed E-state index contributed by atoms with van der Waals surface area (Å²) in [6.07, 6.45) is 3.22. The molecular weight excluding hydrogens is 352 g/mol. The van der Waals surface area contributed by atoms with Gasteiger partial charge in [0.15, 0.2) is 5.60 Å². The maximum Gasteiger partial charge on any atom is 0.256 e. The third kappa shape index (κ3) is 3.91. The minimum atomic E-state index is -1.33. The van der Waals surface area contributed by atoms with Gasteiger partial charge in [0.05, 0.1) is 7.11 Å². The summed E-state index contributed by atoms with van der Waals surface area (Å²) in [5.41, 5.74) is 2.41. The first-order valence-corrected chi connectivity index (χ1v) is 10.0.